The summed E-state index contributed by atoms with van der Waals surface area (Å²) in [6.07, 6.45) is 10.1. The first-order valence-electron chi connectivity index (χ1n) is 7.19. The smallest absolute Gasteiger partial charge is 0.0459 e. The van der Waals surface area contributed by atoms with Crippen molar-refractivity contribution in [1.82, 2.24) is 4.98 Å². The molecule has 0 amide bonds. The fourth-order valence-corrected chi connectivity index (χ4v) is 3.81. The van der Waals surface area contributed by atoms with Gasteiger partial charge in [-0.1, -0.05) is 39.0 Å². The summed E-state index contributed by atoms with van der Waals surface area (Å²) < 4.78 is 1.33. The van der Waals surface area contributed by atoms with Crippen LogP contribution < -0.4 is 0 Å². The number of fused-ring (bicyclic) bond motifs is 1. The molecule has 2 heteroatoms. The SMILES string of the molecule is Cc1nccc2sc(C3=CCC(C(C)(C)C)C=C3)cc12. The van der Waals surface area contributed by atoms with E-state index in [2.05, 4.69) is 63.0 Å². The molecule has 1 atom stereocenters. The number of hydrogen-bond donors (Lipinski definition) is 0. The predicted octanol–water partition coefficient (Wildman–Crippen LogP) is 5.61. The molecule has 2 aromatic heterocycles. The van der Waals surface area contributed by atoms with Crippen molar-refractivity contribution in [3.8, 4) is 0 Å². The van der Waals surface area contributed by atoms with Gasteiger partial charge in [0.15, 0.2) is 0 Å². The van der Waals surface area contributed by atoms with Gasteiger partial charge in [-0.15, -0.1) is 11.3 Å². The molecule has 0 radical (unpaired) electrons. The third kappa shape index (κ3) is 2.45. The standard InChI is InChI=1S/C18H21NS/c1-12-15-11-17(20-16(15)9-10-19-12)13-5-7-14(8-6-13)18(2,3)4/h5-7,9-11,14H,8H2,1-4H3. The molecular formula is C18H21NS. The zero-order valence-electron chi connectivity index (χ0n) is 12.6. The Bertz CT molecular complexity index is 698. The van der Waals surface area contributed by atoms with Crippen molar-refractivity contribution in [3.63, 3.8) is 0 Å². The van der Waals surface area contributed by atoms with Crippen molar-refractivity contribution in [1.29, 1.82) is 0 Å². The monoisotopic (exact) mass is 283 g/mol. The Labute approximate surface area is 125 Å². The summed E-state index contributed by atoms with van der Waals surface area (Å²) in [4.78, 5) is 5.74. The Morgan fingerprint density at radius 2 is 2.10 bits per heavy atom. The van der Waals surface area contributed by atoms with Crippen LogP contribution in [0.2, 0.25) is 0 Å². The number of aryl methyl sites for hydroxylation is 1. The van der Waals surface area contributed by atoms with E-state index in [1.807, 2.05) is 17.5 Å². The van der Waals surface area contributed by atoms with E-state index >= 15 is 0 Å². The molecule has 0 fully saturated rings. The number of aromatic nitrogens is 1. The van der Waals surface area contributed by atoms with E-state index in [1.54, 1.807) is 0 Å². The summed E-state index contributed by atoms with van der Waals surface area (Å²) in [6, 6.07) is 4.40. The number of hydrogen-bond acceptors (Lipinski definition) is 2. The topological polar surface area (TPSA) is 12.9 Å². The highest BCUT2D eigenvalue weighted by Crippen LogP contribution is 2.38. The van der Waals surface area contributed by atoms with Gasteiger partial charge in [-0.2, -0.15) is 0 Å². The van der Waals surface area contributed by atoms with Crippen molar-refractivity contribution in [2.45, 2.75) is 34.1 Å². The average Bonchev–Trinajstić information content (AvgIpc) is 2.83. The molecule has 1 nitrogen and oxygen atoms in total. The minimum Gasteiger partial charge on any atom is -0.261 e. The van der Waals surface area contributed by atoms with Crippen LogP contribution in [0.3, 0.4) is 0 Å². The number of pyridine rings is 1. The van der Waals surface area contributed by atoms with Crippen LogP contribution in [0.4, 0.5) is 0 Å². The number of thiophene rings is 1. The first kappa shape index (κ1) is 13.6. The third-order valence-corrected chi connectivity index (χ3v) is 5.29. The van der Waals surface area contributed by atoms with E-state index in [1.165, 1.54) is 20.5 Å². The molecule has 0 saturated heterocycles. The van der Waals surface area contributed by atoms with Gasteiger partial charge in [0, 0.05) is 26.9 Å². The van der Waals surface area contributed by atoms with Crippen LogP contribution in [0.25, 0.3) is 15.7 Å². The number of allylic oxidation sites excluding steroid dienone is 4. The van der Waals surface area contributed by atoms with E-state index in [0.717, 1.165) is 12.1 Å². The van der Waals surface area contributed by atoms with Crippen LogP contribution in [-0.2, 0) is 0 Å². The molecule has 1 aliphatic rings. The van der Waals surface area contributed by atoms with Crippen molar-refractivity contribution < 1.29 is 0 Å². The Morgan fingerprint density at radius 3 is 2.70 bits per heavy atom. The summed E-state index contributed by atoms with van der Waals surface area (Å²) in [5.41, 5.74) is 2.84. The maximum atomic E-state index is 4.38. The molecule has 1 aliphatic carbocycles. The first-order chi connectivity index (χ1) is 9.45. The van der Waals surface area contributed by atoms with Gasteiger partial charge in [0.05, 0.1) is 0 Å². The lowest BCUT2D eigenvalue weighted by atomic mass is 9.76. The molecule has 0 aliphatic heterocycles. The first-order valence-corrected chi connectivity index (χ1v) is 8.01. The fourth-order valence-electron chi connectivity index (χ4n) is 2.69. The van der Waals surface area contributed by atoms with Crippen LogP contribution in [0, 0.1) is 18.3 Å². The molecule has 2 aromatic rings. The molecule has 1 unspecified atom stereocenters. The number of rotatable bonds is 1. The van der Waals surface area contributed by atoms with E-state index in [4.69, 9.17) is 0 Å². The summed E-state index contributed by atoms with van der Waals surface area (Å²) in [7, 11) is 0. The highest BCUT2D eigenvalue weighted by atomic mass is 32.1. The van der Waals surface area contributed by atoms with Gasteiger partial charge < -0.3 is 0 Å². The molecular weight excluding hydrogens is 262 g/mol. The summed E-state index contributed by atoms with van der Waals surface area (Å²) in [5.74, 6) is 0.643. The quantitative estimate of drug-likeness (QED) is 0.663. The summed E-state index contributed by atoms with van der Waals surface area (Å²) in [5, 5.41) is 1.29. The second-order valence-electron chi connectivity index (χ2n) is 6.65. The van der Waals surface area contributed by atoms with Crippen LogP contribution >= 0.6 is 11.3 Å². The van der Waals surface area contributed by atoms with Crippen LogP contribution in [0.5, 0.6) is 0 Å². The second-order valence-corrected chi connectivity index (χ2v) is 7.73. The van der Waals surface area contributed by atoms with Crippen LogP contribution in [0.1, 0.15) is 37.8 Å². The fraction of sp³-hybridized carbons (Fsp3) is 0.389. The number of nitrogens with zero attached hydrogens (tertiary/aromatic N) is 1. The maximum Gasteiger partial charge on any atom is 0.0459 e. The molecule has 104 valence electrons. The van der Waals surface area contributed by atoms with Crippen LogP contribution in [0.15, 0.2) is 36.6 Å². The van der Waals surface area contributed by atoms with Crippen molar-refractivity contribution in [3.05, 3.63) is 47.1 Å². The average molecular weight is 283 g/mol. The van der Waals surface area contributed by atoms with Gasteiger partial charge in [0.1, 0.15) is 0 Å². The van der Waals surface area contributed by atoms with E-state index in [0.29, 0.717) is 11.3 Å². The zero-order valence-corrected chi connectivity index (χ0v) is 13.4. The lowest BCUT2D eigenvalue weighted by molar-refractivity contribution is 0.294. The van der Waals surface area contributed by atoms with E-state index < -0.39 is 0 Å². The minimum atomic E-state index is 0.346. The maximum absolute atomic E-state index is 4.38. The van der Waals surface area contributed by atoms with Crippen molar-refractivity contribution in [2.75, 3.05) is 0 Å². The molecule has 0 bridgehead atoms. The Morgan fingerprint density at radius 1 is 1.30 bits per heavy atom. The van der Waals surface area contributed by atoms with Gasteiger partial charge in [-0.05, 0) is 42.4 Å². The molecule has 2 heterocycles. The molecule has 20 heavy (non-hydrogen) atoms. The lowest BCUT2D eigenvalue weighted by Crippen LogP contribution is -2.18. The van der Waals surface area contributed by atoms with Crippen molar-refractivity contribution >= 4 is 27.0 Å². The lowest BCUT2D eigenvalue weighted by Gasteiger charge is -2.29. The van der Waals surface area contributed by atoms with Gasteiger partial charge in [0.2, 0.25) is 0 Å². The second kappa shape index (κ2) is 4.85. The van der Waals surface area contributed by atoms with Gasteiger partial charge >= 0.3 is 0 Å². The van der Waals surface area contributed by atoms with E-state index in [9.17, 15) is 0 Å². The van der Waals surface area contributed by atoms with Gasteiger partial charge in [-0.3, -0.25) is 4.98 Å². The van der Waals surface area contributed by atoms with Gasteiger partial charge in [0.25, 0.3) is 0 Å². The molecule has 0 N–H and O–H groups in total. The highest BCUT2D eigenvalue weighted by molar-refractivity contribution is 7.20. The summed E-state index contributed by atoms with van der Waals surface area (Å²) in [6.45, 7) is 9.03. The third-order valence-electron chi connectivity index (χ3n) is 4.14. The van der Waals surface area contributed by atoms with Gasteiger partial charge in [-0.25, -0.2) is 0 Å². The van der Waals surface area contributed by atoms with Crippen molar-refractivity contribution in [2.24, 2.45) is 11.3 Å². The Balaban J connectivity index is 1.92. The Hall–Kier alpha value is -1.41. The molecule has 3 rings (SSSR count). The molecule has 0 saturated carbocycles. The minimum absolute atomic E-state index is 0.346. The van der Waals surface area contributed by atoms with E-state index in [-0.39, 0.29) is 0 Å². The predicted molar refractivity (Wildman–Crippen MR) is 89.0 cm³/mol. The Kier molecular flexibility index (Phi) is 3.29. The summed E-state index contributed by atoms with van der Waals surface area (Å²) >= 11 is 1.87. The zero-order chi connectivity index (χ0) is 14.3. The molecule has 0 aromatic carbocycles. The molecule has 0 spiro atoms. The van der Waals surface area contributed by atoms with Crippen LogP contribution in [-0.4, -0.2) is 4.98 Å². The normalized spacial score (nSPS) is 19.4. The largest absolute Gasteiger partial charge is 0.261 e. The highest BCUT2D eigenvalue weighted by Gasteiger charge is 2.23.